The van der Waals surface area contributed by atoms with Crippen molar-refractivity contribution < 1.29 is 4.79 Å². The highest BCUT2D eigenvalue weighted by Crippen LogP contribution is 2.25. The van der Waals surface area contributed by atoms with Crippen molar-refractivity contribution in [1.29, 1.82) is 0 Å². The molecule has 0 atom stereocenters. The van der Waals surface area contributed by atoms with Gasteiger partial charge in [-0.25, -0.2) is 4.98 Å². The summed E-state index contributed by atoms with van der Waals surface area (Å²) in [4.78, 5) is 15.8. The van der Waals surface area contributed by atoms with Crippen LogP contribution >= 0.6 is 11.6 Å². The molecular weight excluding hydrogens is 300 g/mol. The van der Waals surface area contributed by atoms with E-state index in [4.69, 9.17) is 11.6 Å². The molecule has 1 aromatic carbocycles. The Morgan fingerprint density at radius 2 is 2.05 bits per heavy atom. The van der Waals surface area contributed by atoms with Crippen molar-refractivity contribution >= 4 is 34.5 Å². The van der Waals surface area contributed by atoms with Gasteiger partial charge in [0.2, 0.25) is 0 Å². The molecule has 0 amide bonds. The van der Waals surface area contributed by atoms with E-state index in [-0.39, 0.29) is 5.78 Å². The van der Waals surface area contributed by atoms with Gasteiger partial charge in [-0.1, -0.05) is 23.7 Å². The molecule has 0 saturated carbocycles. The Bertz CT molecular complexity index is 898. The number of halogens is 1. The lowest BCUT2D eigenvalue weighted by molar-refractivity contribution is 0.101. The van der Waals surface area contributed by atoms with Gasteiger partial charge >= 0.3 is 0 Å². The topological polar surface area (TPSA) is 59.1 Å². The number of carbonyl (C=O) groups excluding carboxylic acids is 1. The lowest BCUT2D eigenvalue weighted by Crippen LogP contribution is -1.89. The molecule has 0 aliphatic carbocycles. The van der Waals surface area contributed by atoms with Crippen LogP contribution in [0.4, 0.5) is 11.5 Å². The maximum absolute atomic E-state index is 11.4. The standard InChI is InChI=1S/C16H13ClN4O/c1-10-16(21-9-13(17)6-7-15(21)18-10)20-19-14-5-3-4-12(8-14)11(2)22/h3-9H,1-2H3. The number of rotatable bonds is 3. The molecule has 0 N–H and O–H groups in total. The molecule has 0 fully saturated rings. The Labute approximate surface area is 132 Å². The molecule has 22 heavy (non-hydrogen) atoms. The number of benzene rings is 1. The largest absolute Gasteiger partial charge is 0.295 e. The van der Waals surface area contributed by atoms with E-state index >= 15 is 0 Å². The summed E-state index contributed by atoms with van der Waals surface area (Å²) < 4.78 is 1.79. The molecule has 0 unspecified atom stereocenters. The van der Waals surface area contributed by atoms with E-state index in [0.29, 0.717) is 22.1 Å². The van der Waals surface area contributed by atoms with E-state index in [1.54, 1.807) is 40.9 Å². The van der Waals surface area contributed by atoms with Crippen molar-refractivity contribution in [3.05, 3.63) is 58.9 Å². The van der Waals surface area contributed by atoms with Crippen LogP contribution in [0.5, 0.6) is 0 Å². The maximum atomic E-state index is 11.4. The summed E-state index contributed by atoms with van der Waals surface area (Å²) in [6.45, 7) is 3.38. The molecule has 2 heterocycles. The van der Waals surface area contributed by atoms with Gasteiger partial charge < -0.3 is 0 Å². The summed E-state index contributed by atoms with van der Waals surface area (Å²) in [7, 11) is 0. The molecular formula is C16H13ClN4O. The van der Waals surface area contributed by atoms with Crippen LogP contribution in [0.3, 0.4) is 0 Å². The number of carbonyl (C=O) groups is 1. The number of aryl methyl sites for hydroxylation is 1. The van der Waals surface area contributed by atoms with Crippen molar-refractivity contribution in [3.63, 3.8) is 0 Å². The molecule has 3 rings (SSSR count). The third-order valence-electron chi connectivity index (χ3n) is 3.24. The van der Waals surface area contributed by atoms with Gasteiger partial charge in [0.25, 0.3) is 0 Å². The van der Waals surface area contributed by atoms with E-state index in [1.165, 1.54) is 6.92 Å². The second kappa shape index (κ2) is 5.69. The van der Waals surface area contributed by atoms with Crippen LogP contribution in [-0.4, -0.2) is 15.2 Å². The Kier molecular flexibility index (Phi) is 3.73. The SMILES string of the molecule is CC(=O)c1cccc(N=Nc2c(C)nc3ccc(Cl)cn23)c1. The van der Waals surface area contributed by atoms with Gasteiger partial charge in [-0.05, 0) is 38.1 Å². The summed E-state index contributed by atoms with van der Waals surface area (Å²) in [5.74, 6) is 0.612. The third kappa shape index (κ3) is 2.76. The second-order valence-corrected chi connectivity index (χ2v) is 5.34. The summed E-state index contributed by atoms with van der Waals surface area (Å²) in [6, 6.07) is 10.6. The monoisotopic (exact) mass is 312 g/mol. The van der Waals surface area contributed by atoms with Crippen molar-refractivity contribution in [1.82, 2.24) is 9.38 Å². The van der Waals surface area contributed by atoms with Gasteiger partial charge in [-0.2, -0.15) is 0 Å². The van der Waals surface area contributed by atoms with Gasteiger partial charge in [0.1, 0.15) is 5.65 Å². The zero-order valence-electron chi connectivity index (χ0n) is 12.1. The number of hydrogen-bond acceptors (Lipinski definition) is 4. The number of azo groups is 1. The van der Waals surface area contributed by atoms with E-state index in [1.807, 2.05) is 13.0 Å². The lowest BCUT2D eigenvalue weighted by atomic mass is 10.1. The number of fused-ring (bicyclic) bond motifs is 1. The van der Waals surface area contributed by atoms with E-state index < -0.39 is 0 Å². The van der Waals surface area contributed by atoms with Gasteiger partial charge in [0, 0.05) is 11.8 Å². The number of ketones is 1. The van der Waals surface area contributed by atoms with E-state index in [9.17, 15) is 4.79 Å². The van der Waals surface area contributed by atoms with Crippen LogP contribution in [0.1, 0.15) is 23.0 Å². The molecule has 2 aromatic heterocycles. The Morgan fingerprint density at radius 1 is 1.23 bits per heavy atom. The number of aromatic nitrogens is 2. The summed E-state index contributed by atoms with van der Waals surface area (Å²) in [5.41, 5.74) is 2.74. The molecule has 6 heteroatoms. The molecule has 110 valence electrons. The number of hydrogen-bond donors (Lipinski definition) is 0. The van der Waals surface area contributed by atoms with Gasteiger partial charge in [-0.15, -0.1) is 10.2 Å². The van der Waals surface area contributed by atoms with Crippen molar-refractivity contribution in [3.8, 4) is 0 Å². The molecule has 0 spiro atoms. The molecule has 0 saturated heterocycles. The number of imidazole rings is 1. The Balaban J connectivity index is 2.02. The average Bonchev–Trinajstić information content (AvgIpc) is 2.80. The predicted octanol–water partition coefficient (Wildman–Crippen LogP) is 4.91. The fraction of sp³-hybridized carbons (Fsp3) is 0.125. The molecule has 5 nitrogen and oxygen atoms in total. The molecule has 0 aliphatic heterocycles. The maximum Gasteiger partial charge on any atom is 0.182 e. The number of pyridine rings is 1. The zero-order chi connectivity index (χ0) is 15.7. The molecule has 0 bridgehead atoms. The fourth-order valence-electron chi connectivity index (χ4n) is 2.14. The first-order valence-electron chi connectivity index (χ1n) is 6.71. The number of Topliss-reactive ketones (excluding diaryl/α,β-unsaturated/α-hetero) is 1. The highest BCUT2D eigenvalue weighted by atomic mass is 35.5. The normalized spacial score (nSPS) is 11.4. The van der Waals surface area contributed by atoms with Gasteiger partial charge in [-0.3, -0.25) is 9.20 Å². The minimum atomic E-state index is -0.00480. The highest BCUT2D eigenvalue weighted by molar-refractivity contribution is 6.30. The smallest absolute Gasteiger partial charge is 0.182 e. The number of nitrogens with zero attached hydrogens (tertiary/aromatic N) is 4. The van der Waals surface area contributed by atoms with Crippen LogP contribution in [0.25, 0.3) is 5.65 Å². The second-order valence-electron chi connectivity index (χ2n) is 4.90. The molecule has 0 radical (unpaired) electrons. The van der Waals surface area contributed by atoms with Crippen LogP contribution in [0.2, 0.25) is 5.02 Å². The van der Waals surface area contributed by atoms with Crippen LogP contribution in [-0.2, 0) is 0 Å². The van der Waals surface area contributed by atoms with E-state index in [2.05, 4.69) is 15.2 Å². The van der Waals surface area contributed by atoms with Crippen LogP contribution in [0.15, 0.2) is 52.8 Å². The van der Waals surface area contributed by atoms with Crippen molar-refractivity contribution in [2.45, 2.75) is 13.8 Å². The first kappa shape index (κ1) is 14.4. The fourth-order valence-corrected chi connectivity index (χ4v) is 2.30. The molecule has 0 aliphatic rings. The summed E-state index contributed by atoms with van der Waals surface area (Å²) in [5, 5.41) is 9.06. The average molecular weight is 313 g/mol. The highest BCUT2D eigenvalue weighted by Gasteiger charge is 2.08. The van der Waals surface area contributed by atoms with E-state index in [0.717, 1.165) is 11.3 Å². The summed E-state index contributed by atoms with van der Waals surface area (Å²) in [6.07, 6.45) is 1.75. The minimum Gasteiger partial charge on any atom is -0.295 e. The Morgan fingerprint density at radius 3 is 2.82 bits per heavy atom. The van der Waals surface area contributed by atoms with Crippen LogP contribution in [0, 0.1) is 6.92 Å². The van der Waals surface area contributed by atoms with Crippen molar-refractivity contribution in [2.75, 3.05) is 0 Å². The van der Waals surface area contributed by atoms with Crippen LogP contribution < -0.4 is 0 Å². The lowest BCUT2D eigenvalue weighted by Gasteiger charge is -1.98. The first-order valence-corrected chi connectivity index (χ1v) is 7.09. The van der Waals surface area contributed by atoms with Gasteiger partial charge in [0.05, 0.1) is 16.4 Å². The minimum absolute atomic E-state index is 0.00480. The predicted molar refractivity (Wildman–Crippen MR) is 85.6 cm³/mol. The van der Waals surface area contributed by atoms with Crippen molar-refractivity contribution in [2.24, 2.45) is 10.2 Å². The molecule has 3 aromatic rings. The van der Waals surface area contributed by atoms with Gasteiger partial charge in [0.15, 0.2) is 11.6 Å². The quantitative estimate of drug-likeness (QED) is 0.509. The summed E-state index contributed by atoms with van der Waals surface area (Å²) >= 11 is 6.01. The first-order chi connectivity index (χ1) is 10.5. The Hall–Kier alpha value is -2.53. The third-order valence-corrected chi connectivity index (χ3v) is 3.46. The zero-order valence-corrected chi connectivity index (χ0v) is 12.9.